The Hall–Kier alpha value is 0.386. The van der Waals surface area contributed by atoms with E-state index in [1.165, 1.54) is 0 Å². The predicted molar refractivity (Wildman–Crippen MR) is 68.1 cm³/mol. The van der Waals surface area contributed by atoms with Crippen molar-refractivity contribution in [1.29, 1.82) is 0 Å². The van der Waals surface area contributed by atoms with E-state index in [0.29, 0.717) is 13.2 Å². The van der Waals surface area contributed by atoms with E-state index in [4.69, 9.17) is 9.47 Å². The van der Waals surface area contributed by atoms with E-state index in [-0.39, 0.29) is 32.2 Å². The third-order valence-electron chi connectivity index (χ3n) is 1.78. The fourth-order valence-electron chi connectivity index (χ4n) is 1.16. The molecule has 0 heterocycles. The monoisotopic (exact) mass is 284 g/mol. The van der Waals surface area contributed by atoms with Crippen molar-refractivity contribution in [3.8, 4) is 0 Å². The van der Waals surface area contributed by atoms with Gasteiger partial charge in [-0.05, 0) is 26.0 Å². The Labute approximate surface area is 119 Å². The Morgan fingerprint density at radius 3 is 2.00 bits per heavy atom. The molecule has 0 fully saturated rings. The van der Waals surface area contributed by atoms with Crippen molar-refractivity contribution >= 4 is 39.0 Å². The van der Waals surface area contributed by atoms with Gasteiger partial charge in [-0.15, -0.1) is 0 Å². The van der Waals surface area contributed by atoms with Crippen LogP contribution in [0.5, 0.6) is 0 Å². The number of hydrogen-bond acceptors (Lipinski definition) is 2. The summed E-state index contributed by atoms with van der Waals surface area (Å²) in [5, 5.41) is 0. The second-order valence-electron chi connectivity index (χ2n) is 2.79. The molecule has 0 saturated carbocycles. The summed E-state index contributed by atoms with van der Waals surface area (Å²) in [4.78, 5) is 0. The van der Waals surface area contributed by atoms with Crippen molar-refractivity contribution in [3.05, 3.63) is 34.3 Å². The van der Waals surface area contributed by atoms with E-state index in [2.05, 4.69) is 15.9 Å². The summed E-state index contributed by atoms with van der Waals surface area (Å²) in [6, 6.07) is 7.97. The van der Waals surface area contributed by atoms with Gasteiger partial charge in [-0.2, -0.15) is 0 Å². The molecular weight excluding hydrogens is 268 g/mol. The molecule has 1 rings (SSSR count). The fourth-order valence-corrected chi connectivity index (χ4v) is 1.43. The van der Waals surface area contributed by atoms with Crippen molar-refractivity contribution in [3.63, 3.8) is 0 Å². The molecule has 0 aliphatic heterocycles. The molecule has 1 aromatic rings. The first-order valence-electron chi connectivity index (χ1n) is 4.76. The van der Waals surface area contributed by atoms with Crippen LogP contribution in [0.25, 0.3) is 0 Å². The first kappa shape index (κ1) is 15.4. The summed E-state index contributed by atoms with van der Waals surface area (Å²) >= 11 is 3.39. The summed E-state index contributed by atoms with van der Waals surface area (Å²) in [6.07, 6.45) is -0.238. The van der Waals surface area contributed by atoms with Gasteiger partial charge in [-0.25, -0.2) is 0 Å². The number of ether oxygens (including phenoxy) is 2. The molecule has 0 aliphatic rings. The number of hydrogen-bond donors (Lipinski definition) is 0. The molecule has 4 heteroatoms. The second-order valence-corrected chi connectivity index (χ2v) is 3.71. The minimum atomic E-state index is -0.238. The molecule has 82 valence electrons. The van der Waals surface area contributed by atoms with Gasteiger partial charge in [0, 0.05) is 23.2 Å². The van der Waals surface area contributed by atoms with Crippen molar-refractivity contribution < 1.29 is 12.3 Å². The summed E-state index contributed by atoms with van der Waals surface area (Å²) in [7, 11) is 0. The maximum absolute atomic E-state index is 5.47. The van der Waals surface area contributed by atoms with E-state index in [1.807, 2.05) is 38.1 Å². The summed E-state index contributed by atoms with van der Waals surface area (Å²) in [6.45, 7) is 5.23. The average molecular weight is 285 g/mol. The van der Waals surface area contributed by atoms with Gasteiger partial charge in [-0.3, -0.25) is 0 Å². The Bertz CT molecular complexity index is 267. The minimum Gasteiger partial charge on any atom is -1.00 e. The Balaban J connectivity index is -0.000000653. The van der Waals surface area contributed by atoms with E-state index in [0.717, 1.165) is 10.0 Å². The zero-order valence-corrected chi connectivity index (χ0v) is 12.2. The third-order valence-corrected chi connectivity index (χ3v) is 2.31. The topological polar surface area (TPSA) is 18.5 Å². The molecule has 15 heavy (non-hydrogen) atoms. The molecule has 0 aliphatic carbocycles. The van der Waals surface area contributed by atoms with Crippen LogP contribution in [0.2, 0.25) is 0 Å². The summed E-state index contributed by atoms with van der Waals surface area (Å²) < 4.78 is 12.0. The minimum absolute atomic E-state index is 0. The van der Waals surface area contributed by atoms with Crippen LogP contribution in [-0.2, 0) is 9.47 Å². The predicted octanol–water partition coefficient (Wildman–Crippen LogP) is 3.36. The molecule has 0 saturated heterocycles. The van der Waals surface area contributed by atoms with E-state index >= 15 is 0 Å². The Morgan fingerprint density at radius 1 is 1.13 bits per heavy atom. The fraction of sp³-hybridized carbons (Fsp3) is 0.455. The van der Waals surface area contributed by atoms with Crippen LogP contribution in [0.15, 0.2) is 28.7 Å². The van der Waals surface area contributed by atoms with Crippen LogP contribution in [-0.4, -0.2) is 36.3 Å². The van der Waals surface area contributed by atoms with Crippen LogP contribution in [0.4, 0.5) is 0 Å². The largest absolute Gasteiger partial charge is 2.00 e. The first-order chi connectivity index (χ1) is 6.77. The SMILES string of the molecule is CCOC(OCC)c1ccc(Br)cc1.[H-].[H-].[Mg+2]. The molecule has 0 aromatic heterocycles. The van der Waals surface area contributed by atoms with Crippen molar-refractivity contribution in [2.75, 3.05) is 13.2 Å². The molecule has 0 bridgehead atoms. The van der Waals surface area contributed by atoms with Gasteiger partial charge >= 0.3 is 23.1 Å². The van der Waals surface area contributed by atoms with Crippen LogP contribution in [0.1, 0.15) is 28.6 Å². The van der Waals surface area contributed by atoms with Gasteiger partial charge in [0.15, 0.2) is 6.29 Å². The number of benzene rings is 1. The summed E-state index contributed by atoms with van der Waals surface area (Å²) in [5.41, 5.74) is 1.05. The maximum Gasteiger partial charge on any atom is 2.00 e. The smallest absolute Gasteiger partial charge is 1.00 e. The van der Waals surface area contributed by atoms with Crippen LogP contribution >= 0.6 is 15.9 Å². The zero-order chi connectivity index (χ0) is 10.4. The summed E-state index contributed by atoms with van der Waals surface area (Å²) in [5.74, 6) is 0. The van der Waals surface area contributed by atoms with Crippen LogP contribution in [0, 0.1) is 0 Å². The molecular formula is C11H17BrMgO2. The van der Waals surface area contributed by atoms with Gasteiger partial charge < -0.3 is 12.3 Å². The molecule has 0 atom stereocenters. The van der Waals surface area contributed by atoms with E-state index in [9.17, 15) is 0 Å². The van der Waals surface area contributed by atoms with Crippen LogP contribution < -0.4 is 0 Å². The molecule has 0 unspecified atom stereocenters. The maximum atomic E-state index is 5.47. The Morgan fingerprint density at radius 2 is 1.60 bits per heavy atom. The third kappa shape index (κ3) is 5.31. The first-order valence-corrected chi connectivity index (χ1v) is 5.55. The van der Waals surface area contributed by atoms with Gasteiger partial charge in [0.1, 0.15) is 0 Å². The number of halogens is 1. The normalized spacial score (nSPS) is 10.1. The molecule has 0 radical (unpaired) electrons. The van der Waals surface area contributed by atoms with Crippen LogP contribution in [0.3, 0.4) is 0 Å². The Kier molecular flexibility index (Phi) is 8.75. The van der Waals surface area contributed by atoms with Crippen molar-refractivity contribution in [2.45, 2.75) is 20.1 Å². The average Bonchev–Trinajstić information content (AvgIpc) is 2.19. The molecule has 0 N–H and O–H groups in total. The van der Waals surface area contributed by atoms with Gasteiger partial charge in [0.25, 0.3) is 0 Å². The standard InChI is InChI=1S/C11H15BrO2.Mg.2H/c1-3-13-11(14-4-2)9-5-7-10(12)8-6-9;;;/h5-8,11H,3-4H2,1-2H3;;;/q;+2;2*-1. The molecule has 0 spiro atoms. The van der Waals surface area contributed by atoms with Gasteiger partial charge in [-0.1, -0.05) is 28.1 Å². The zero-order valence-electron chi connectivity index (χ0n) is 11.2. The van der Waals surface area contributed by atoms with E-state index in [1.54, 1.807) is 0 Å². The van der Waals surface area contributed by atoms with Gasteiger partial charge in [0.2, 0.25) is 0 Å². The molecule has 1 aromatic carbocycles. The number of rotatable bonds is 5. The molecule has 0 amide bonds. The van der Waals surface area contributed by atoms with Gasteiger partial charge in [0.05, 0.1) is 0 Å². The quantitative estimate of drug-likeness (QED) is 0.610. The molecule has 2 nitrogen and oxygen atoms in total. The van der Waals surface area contributed by atoms with Crippen molar-refractivity contribution in [2.24, 2.45) is 0 Å². The second kappa shape index (κ2) is 8.53. The van der Waals surface area contributed by atoms with E-state index < -0.39 is 0 Å². The van der Waals surface area contributed by atoms with Crippen molar-refractivity contribution in [1.82, 2.24) is 0 Å².